The van der Waals surface area contributed by atoms with Crippen LogP contribution in [0.2, 0.25) is 0 Å². The summed E-state index contributed by atoms with van der Waals surface area (Å²) in [6, 6.07) is 10.4. The zero-order valence-corrected chi connectivity index (χ0v) is 18.5. The maximum Gasteiger partial charge on any atom is 0.193 e. The summed E-state index contributed by atoms with van der Waals surface area (Å²) < 4.78 is 7.44. The van der Waals surface area contributed by atoms with Gasteiger partial charge in [0.2, 0.25) is 0 Å². The van der Waals surface area contributed by atoms with E-state index in [-0.39, 0.29) is 24.0 Å². The van der Waals surface area contributed by atoms with Gasteiger partial charge >= 0.3 is 0 Å². The first-order valence-corrected chi connectivity index (χ1v) is 9.37. The number of ether oxygens (including phenoxy) is 1. The normalized spacial score (nSPS) is 16.8. The largest absolute Gasteiger partial charge is 0.381 e. The van der Waals surface area contributed by atoms with E-state index in [1.165, 1.54) is 11.1 Å². The molecule has 0 aliphatic carbocycles. The van der Waals surface area contributed by atoms with Crippen LogP contribution in [-0.4, -0.2) is 54.0 Å². The Bertz CT molecular complexity index is 698. The van der Waals surface area contributed by atoms with Gasteiger partial charge in [0.15, 0.2) is 5.96 Å². The van der Waals surface area contributed by atoms with E-state index in [0.717, 1.165) is 45.2 Å². The summed E-state index contributed by atoms with van der Waals surface area (Å²) in [7, 11) is 2.11. The van der Waals surface area contributed by atoms with Gasteiger partial charge in [-0.25, -0.2) is 4.99 Å². The molecule has 2 aromatic rings. The van der Waals surface area contributed by atoms with Crippen LogP contribution in [0.25, 0.3) is 0 Å². The molecule has 1 aliphatic rings. The summed E-state index contributed by atoms with van der Waals surface area (Å²) in [6.45, 7) is 7.10. The molecule has 1 atom stereocenters. The summed E-state index contributed by atoms with van der Waals surface area (Å²) in [5.74, 6) is 1.55. The number of guanidine groups is 1. The predicted molar refractivity (Wildman–Crippen MR) is 120 cm³/mol. The van der Waals surface area contributed by atoms with E-state index in [2.05, 4.69) is 53.6 Å². The van der Waals surface area contributed by atoms with Gasteiger partial charge < -0.3 is 15.0 Å². The molecule has 0 amide bonds. The van der Waals surface area contributed by atoms with Crippen molar-refractivity contribution in [2.24, 2.45) is 10.9 Å². The van der Waals surface area contributed by atoms with Gasteiger partial charge in [0.1, 0.15) is 0 Å². The molecule has 27 heavy (non-hydrogen) atoms. The van der Waals surface area contributed by atoms with Crippen LogP contribution in [0.1, 0.15) is 24.5 Å². The lowest BCUT2D eigenvalue weighted by atomic mass is 10.1. The van der Waals surface area contributed by atoms with Crippen molar-refractivity contribution in [3.8, 4) is 0 Å². The number of benzene rings is 1. The Kier molecular flexibility index (Phi) is 9.06. The standard InChI is InChI=1S/C20H29N5O.HI/c1-3-21-20(24(2)14-17-9-12-26-16-17)22-13-18-7-4-5-8-19(18)15-25-11-6-10-23-25;/h4-8,10-11,17H,3,9,12-16H2,1-2H3,(H,21,22);1H. The smallest absolute Gasteiger partial charge is 0.193 e. The number of nitrogens with zero attached hydrogens (tertiary/aromatic N) is 4. The zero-order chi connectivity index (χ0) is 18.2. The Hall–Kier alpha value is -1.61. The van der Waals surface area contributed by atoms with Gasteiger partial charge in [0.25, 0.3) is 0 Å². The van der Waals surface area contributed by atoms with E-state index >= 15 is 0 Å². The molecule has 1 fully saturated rings. The number of hydrogen-bond donors (Lipinski definition) is 1. The van der Waals surface area contributed by atoms with Gasteiger partial charge in [0, 0.05) is 45.1 Å². The molecule has 0 radical (unpaired) electrons. The van der Waals surface area contributed by atoms with Crippen LogP contribution < -0.4 is 5.32 Å². The fourth-order valence-corrected chi connectivity index (χ4v) is 3.27. The second-order valence-corrected chi connectivity index (χ2v) is 6.75. The average molecular weight is 483 g/mol. The average Bonchev–Trinajstić information content (AvgIpc) is 3.34. The second kappa shape index (κ2) is 11.3. The van der Waals surface area contributed by atoms with Crippen LogP contribution in [0.5, 0.6) is 0 Å². The van der Waals surface area contributed by atoms with E-state index < -0.39 is 0 Å². The fraction of sp³-hybridized carbons (Fsp3) is 0.500. The Morgan fingerprint density at radius 2 is 2.15 bits per heavy atom. The van der Waals surface area contributed by atoms with Gasteiger partial charge in [-0.2, -0.15) is 5.10 Å². The van der Waals surface area contributed by atoms with E-state index in [1.54, 1.807) is 0 Å². The first kappa shape index (κ1) is 21.7. The Balaban J connectivity index is 0.00000261. The molecule has 0 spiro atoms. The van der Waals surface area contributed by atoms with Crippen molar-refractivity contribution < 1.29 is 4.74 Å². The molecule has 1 saturated heterocycles. The Morgan fingerprint density at radius 3 is 2.81 bits per heavy atom. The quantitative estimate of drug-likeness (QED) is 0.374. The van der Waals surface area contributed by atoms with E-state index in [1.807, 2.05) is 23.1 Å². The van der Waals surface area contributed by atoms with Crippen molar-refractivity contribution >= 4 is 29.9 Å². The lowest BCUT2D eigenvalue weighted by molar-refractivity contribution is 0.181. The highest BCUT2D eigenvalue weighted by Gasteiger charge is 2.19. The monoisotopic (exact) mass is 483 g/mol. The minimum absolute atomic E-state index is 0. The minimum atomic E-state index is 0. The number of rotatable bonds is 7. The van der Waals surface area contributed by atoms with Crippen LogP contribution in [0, 0.1) is 5.92 Å². The van der Waals surface area contributed by atoms with Crippen LogP contribution in [-0.2, 0) is 17.8 Å². The number of aliphatic imine (C=N–C) groups is 1. The molecular weight excluding hydrogens is 453 g/mol. The molecule has 0 bridgehead atoms. The van der Waals surface area contributed by atoms with Crippen molar-refractivity contribution in [1.29, 1.82) is 0 Å². The van der Waals surface area contributed by atoms with Crippen LogP contribution in [0.4, 0.5) is 0 Å². The van der Waals surface area contributed by atoms with Crippen molar-refractivity contribution in [1.82, 2.24) is 20.0 Å². The predicted octanol–water partition coefficient (Wildman–Crippen LogP) is 2.98. The molecule has 1 N–H and O–H groups in total. The van der Waals surface area contributed by atoms with Gasteiger partial charge in [-0.1, -0.05) is 24.3 Å². The lowest BCUT2D eigenvalue weighted by Crippen LogP contribution is -2.41. The molecular formula is C20H30IN5O. The topological polar surface area (TPSA) is 54.7 Å². The Morgan fingerprint density at radius 1 is 1.33 bits per heavy atom. The second-order valence-electron chi connectivity index (χ2n) is 6.75. The molecule has 148 valence electrons. The zero-order valence-electron chi connectivity index (χ0n) is 16.2. The number of halogens is 1. The summed E-state index contributed by atoms with van der Waals surface area (Å²) in [5, 5.41) is 7.72. The molecule has 1 aromatic heterocycles. The van der Waals surface area contributed by atoms with Gasteiger partial charge in [-0.05, 0) is 30.5 Å². The maximum absolute atomic E-state index is 5.50. The fourth-order valence-electron chi connectivity index (χ4n) is 3.27. The molecule has 6 nitrogen and oxygen atoms in total. The lowest BCUT2D eigenvalue weighted by Gasteiger charge is -2.24. The van der Waals surface area contributed by atoms with Gasteiger partial charge in [0.05, 0.1) is 19.7 Å². The third-order valence-corrected chi connectivity index (χ3v) is 4.66. The van der Waals surface area contributed by atoms with Crippen molar-refractivity contribution in [3.63, 3.8) is 0 Å². The first-order valence-electron chi connectivity index (χ1n) is 9.37. The molecule has 1 aliphatic heterocycles. The highest BCUT2D eigenvalue weighted by atomic mass is 127. The first-order chi connectivity index (χ1) is 12.8. The van der Waals surface area contributed by atoms with Crippen molar-refractivity contribution in [2.75, 3.05) is 33.4 Å². The van der Waals surface area contributed by atoms with Crippen molar-refractivity contribution in [3.05, 3.63) is 53.9 Å². The minimum Gasteiger partial charge on any atom is -0.381 e. The number of nitrogens with one attached hydrogen (secondary N) is 1. The Labute approximate surface area is 179 Å². The van der Waals surface area contributed by atoms with Crippen molar-refractivity contribution in [2.45, 2.75) is 26.4 Å². The number of aromatic nitrogens is 2. The molecule has 2 heterocycles. The highest BCUT2D eigenvalue weighted by Crippen LogP contribution is 2.14. The highest BCUT2D eigenvalue weighted by molar-refractivity contribution is 14.0. The summed E-state index contributed by atoms with van der Waals surface area (Å²) in [4.78, 5) is 7.10. The SMILES string of the molecule is CCNC(=NCc1ccccc1Cn1cccn1)N(C)CC1CCOC1.I. The molecule has 1 unspecified atom stereocenters. The van der Waals surface area contributed by atoms with E-state index in [0.29, 0.717) is 12.5 Å². The summed E-state index contributed by atoms with van der Waals surface area (Å²) in [5.41, 5.74) is 2.48. The van der Waals surface area contributed by atoms with Gasteiger partial charge in [-0.15, -0.1) is 24.0 Å². The molecule has 7 heteroatoms. The third kappa shape index (κ3) is 6.49. The van der Waals surface area contributed by atoms with Crippen LogP contribution in [0.15, 0.2) is 47.7 Å². The molecule has 0 saturated carbocycles. The third-order valence-electron chi connectivity index (χ3n) is 4.66. The van der Waals surface area contributed by atoms with Crippen LogP contribution >= 0.6 is 24.0 Å². The van der Waals surface area contributed by atoms with Gasteiger partial charge in [-0.3, -0.25) is 4.68 Å². The van der Waals surface area contributed by atoms with Crippen LogP contribution in [0.3, 0.4) is 0 Å². The summed E-state index contributed by atoms with van der Waals surface area (Å²) in [6.07, 6.45) is 4.93. The molecule has 1 aromatic carbocycles. The maximum atomic E-state index is 5.50. The summed E-state index contributed by atoms with van der Waals surface area (Å²) >= 11 is 0. The van der Waals surface area contributed by atoms with E-state index in [9.17, 15) is 0 Å². The number of hydrogen-bond acceptors (Lipinski definition) is 3. The van der Waals surface area contributed by atoms with E-state index in [4.69, 9.17) is 9.73 Å². The molecule has 3 rings (SSSR count).